The Bertz CT molecular complexity index is 490. The van der Waals surface area contributed by atoms with Crippen molar-refractivity contribution in [3.63, 3.8) is 0 Å². The van der Waals surface area contributed by atoms with E-state index in [1.54, 1.807) is 0 Å². The van der Waals surface area contributed by atoms with Gasteiger partial charge in [0.05, 0.1) is 17.1 Å². The third kappa shape index (κ3) is 2.84. The van der Waals surface area contributed by atoms with Crippen LogP contribution in [0.1, 0.15) is 12.8 Å². The Hall–Kier alpha value is -2.38. The summed E-state index contributed by atoms with van der Waals surface area (Å²) in [4.78, 5) is 25.1. The number of hydrogen-bond donors (Lipinski definition) is 3. The summed E-state index contributed by atoms with van der Waals surface area (Å²) in [6.45, 7) is 0.472. The second kappa shape index (κ2) is 4.86. The number of nitro groups is 1. The molecule has 4 N–H and O–H groups in total. The molecule has 8 nitrogen and oxygen atoms in total. The lowest BCUT2D eigenvalue weighted by Gasteiger charge is -2.11. The minimum Gasteiger partial charge on any atom is -0.383 e. The van der Waals surface area contributed by atoms with Crippen LogP contribution < -0.4 is 16.4 Å². The van der Waals surface area contributed by atoms with Crippen LogP contribution in [0, 0.1) is 10.1 Å². The molecule has 0 radical (unpaired) electrons. The molecule has 1 aliphatic heterocycles. The Morgan fingerprint density at radius 3 is 3.00 bits per heavy atom. The maximum absolute atomic E-state index is 11.0. The van der Waals surface area contributed by atoms with Gasteiger partial charge in [-0.25, -0.2) is 4.98 Å². The topological polar surface area (TPSA) is 123 Å². The van der Waals surface area contributed by atoms with Gasteiger partial charge < -0.3 is 16.4 Å². The highest BCUT2D eigenvalue weighted by Gasteiger charge is 2.20. The lowest BCUT2D eigenvalue weighted by molar-refractivity contribution is -0.384. The molecule has 0 aromatic carbocycles. The minimum atomic E-state index is -0.527. The number of nitrogens with one attached hydrogen (secondary N) is 2. The lowest BCUT2D eigenvalue weighted by atomic mass is 10.2. The van der Waals surface area contributed by atoms with Crippen molar-refractivity contribution in [1.29, 1.82) is 0 Å². The number of carbonyl (C=O) groups excluding carboxylic acids is 1. The van der Waals surface area contributed by atoms with Crippen LogP contribution >= 0.6 is 0 Å². The number of nitrogens with zero attached hydrogens (tertiary/aromatic N) is 2. The second-order valence-corrected chi connectivity index (χ2v) is 4.08. The van der Waals surface area contributed by atoms with Gasteiger partial charge in [0, 0.05) is 19.0 Å². The van der Waals surface area contributed by atoms with Crippen LogP contribution in [0.3, 0.4) is 0 Å². The zero-order valence-electron chi connectivity index (χ0n) is 9.55. The SMILES string of the molecule is Nc1cc([N+](=O)[O-])cc(NCC2CCC(=O)N2)n1. The fraction of sp³-hybridized carbons (Fsp3) is 0.400. The van der Waals surface area contributed by atoms with Gasteiger partial charge in [0.2, 0.25) is 5.91 Å². The molecule has 18 heavy (non-hydrogen) atoms. The van der Waals surface area contributed by atoms with E-state index >= 15 is 0 Å². The molecular formula is C10H13N5O3. The van der Waals surface area contributed by atoms with Crippen LogP contribution in [0.5, 0.6) is 0 Å². The molecule has 1 fully saturated rings. The van der Waals surface area contributed by atoms with Crippen molar-refractivity contribution in [2.75, 3.05) is 17.6 Å². The first-order valence-electron chi connectivity index (χ1n) is 5.50. The highest BCUT2D eigenvalue weighted by atomic mass is 16.6. The lowest BCUT2D eigenvalue weighted by Crippen LogP contribution is -2.32. The smallest absolute Gasteiger partial charge is 0.276 e. The predicted octanol–water partition coefficient (Wildman–Crippen LogP) is 0.262. The third-order valence-corrected chi connectivity index (χ3v) is 2.66. The molecule has 8 heteroatoms. The summed E-state index contributed by atoms with van der Waals surface area (Å²) in [6, 6.07) is 2.54. The van der Waals surface area contributed by atoms with Gasteiger partial charge in [-0.3, -0.25) is 14.9 Å². The molecule has 0 saturated carbocycles. The van der Waals surface area contributed by atoms with Crippen LogP contribution in [-0.2, 0) is 4.79 Å². The van der Waals surface area contributed by atoms with E-state index in [1.165, 1.54) is 12.1 Å². The molecule has 0 bridgehead atoms. The molecule has 0 spiro atoms. The van der Waals surface area contributed by atoms with Crippen molar-refractivity contribution < 1.29 is 9.72 Å². The van der Waals surface area contributed by atoms with Crippen molar-refractivity contribution >= 4 is 23.2 Å². The van der Waals surface area contributed by atoms with E-state index in [0.29, 0.717) is 18.8 Å². The molecular weight excluding hydrogens is 238 g/mol. The zero-order valence-corrected chi connectivity index (χ0v) is 9.55. The summed E-state index contributed by atoms with van der Waals surface area (Å²) in [7, 11) is 0. The summed E-state index contributed by atoms with van der Waals surface area (Å²) < 4.78 is 0. The number of nitrogens with two attached hydrogens (primary N) is 1. The van der Waals surface area contributed by atoms with Gasteiger partial charge in [0.25, 0.3) is 5.69 Å². The van der Waals surface area contributed by atoms with Gasteiger partial charge >= 0.3 is 0 Å². The number of carbonyl (C=O) groups is 1. The van der Waals surface area contributed by atoms with Crippen LogP contribution in [-0.4, -0.2) is 28.4 Å². The molecule has 1 aromatic heterocycles. The van der Waals surface area contributed by atoms with Crippen LogP contribution in [0.2, 0.25) is 0 Å². The summed E-state index contributed by atoms with van der Waals surface area (Å²) in [5.41, 5.74) is 5.37. The van der Waals surface area contributed by atoms with E-state index in [-0.39, 0.29) is 23.5 Å². The molecule has 96 valence electrons. The predicted molar refractivity (Wildman–Crippen MR) is 65.0 cm³/mol. The van der Waals surface area contributed by atoms with Crippen LogP contribution in [0.4, 0.5) is 17.3 Å². The average Bonchev–Trinajstić information content (AvgIpc) is 2.72. The summed E-state index contributed by atoms with van der Waals surface area (Å²) in [5.74, 6) is 0.443. The van der Waals surface area contributed by atoms with Gasteiger partial charge in [-0.05, 0) is 6.42 Å². The molecule has 2 heterocycles. The summed E-state index contributed by atoms with van der Waals surface area (Å²) in [5, 5.41) is 16.4. The summed E-state index contributed by atoms with van der Waals surface area (Å²) in [6.07, 6.45) is 1.26. The van der Waals surface area contributed by atoms with Gasteiger partial charge in [-0.2, -0.15) is 0 Å². The Morgan fingerprint density at radius 2 is 2.39 bits per heavy atom. The minimum absolute atomic E-state index is 0.0216. The van der Waals surface area contributed by atoms with E-state index < -0.39 is 4.92 Å². The van der Waals surface area contributed by atoms with E-state index in [4.69, 9.17) is 5.73 Å². The number of anilines is 2. The summed E-state index contributed by atoms with van der Waals surface area (Å²) >= 11 is 0. The van der Waals surface area contributed by atoms with Crippen molar-refractivity contribution in [1.82, 2.24) is 10.3 Å². The maximum Gasteiger partial charge on any atom is 0.276 e. The van der Waals surface area contributed by atoms with Crippen molar-refractivity contribution in [2.45, 2.75) is 18.9 Å². The first kappa shape index (κ1) is 12.1. The Labute approximate surface area is 103 Å². The van der Waals surface area contributed by atoms with E-state index in [2.05, 4.69) is 15.6 Å². The van der Waals surface area contributed by atoms with E-state index in [0.717, 1.165) is 6.42 Å². The van der Waals surface area contributed by atoms with Crippen LogP contribution in [0.25, 0.3) is 0 Å². The molecule has 0 aliphatic carbocycles. The molecule has 1 atom stereocenters. The largest absolute Gasteiger partial charge is 0.383 e. The molecule has 2 rings (SSSR count). The Balaban J connectivity index is 2.00. The van der Waals surface area contributed by atoms with Gasteiger partial charge in [-0.1, -0.05) is 0 Å². The van der Waals surface area contributed by atoms with Gasteiger partial charge in [-0.15, -0.1) is 0 Å². The number of nitrogen functional groups attached to an aromatic ring is 1. The second-order valence-electron chi connectivity index (χ2n) is 4.08. The third-order valence-electron chi connectivity index (χ3n) is 2.66. The molecule has 1 amide bonds. The Kier molecular flexibility index (Phi) is 3.26. The van der Waals surface area contributed by atoms with Crippen molar-refractivity contribution in [3.8, 4) is 0 Å². The first-order chi connectivity index (χ1) is 8.54. The highest BCUT2D eigenvalue weighted by Crippen LogP contribution is 2.19. The molecule has 1 unspecified atom stereocenters. The number of aromatic nitrogens is 1. The average molecular weight is 251 g/mol. The fourth-order valence-corrected chi connectivity index (χ4v) is 1.79. The monoisotopic (exact) mass is 251 g/mol. The van der Waals surface area contributed by atoms with Crippen molar-refractivity contribution in [3.05, 3.63) is 22.2 Å². The molecule has 1 aliphatic rings. The van der Waals surface area contributed by atoms with Crippen LogP contribution in [0.15, 0.2) is 12.1 Å². The number of rotatable bonds is 4. The first-order valence-corrected chi connectivity index (χ1v) is 5.50. The quantitative estimate of drug-likeness (QED) is 0.521. The Morgan fingerprint density at radius 1 is 1.61 bits per heavy atom. The number of hydrogen-bond acceptors (Lipinski definition) is 6. The fourth-order valence-electron chi connectivity index (χ4n) is 1.79. The van der Waals surface area contributed by atoms with Gasteiger partial charge in [0.15, 0.2) is 0 Å². The standard InChI is InChI=1S/C10H13N5O3/c11-8-3-7(15(17)18)4-9(14-8)12-5-6-1-2-10(16)13-6/h3-4,6H,1-2,5H2,(H,13,16)(H3,11,12,14). The van der Waals surface area contributed by atoms with E-state index in [1.807, 2.05) is 0 Å². The van der Waals surface area contributed by atoms with E-state index in [9.17, 15) is 14.9 Å². The van der Waals surface area contributed by atoms with Gasteiger partial charge in [0.1, 0.15) is 11.6 Å². The highest BCUT2D eigenvalue weighted by molar-refractivity contribution is 5.78. The molecule has 1 saturated heterocycles. The zero-order chi connectivity index (χ0) is 13.1. The number of amides is 1. The molecule has 1 aromatic rings. The normalized spacial score (nSPS) is 18.4. The maximum atomic E-state index is 11.0. The van der Waals surface area contributed by atoms with Crippen molar-refractivity contribution in [2.24, 2.45) is 0 Å². The number of pyridine rings is 1.